The Balaban J connectivity index is 0.00000169. The lowest BCUT2D eigenvalue weighted by atomic mass is 10.1. The second-order valence-electron chi connectivity index (χ2n) is 3.94. The molecule has 1 aliphatic rings. The van der Waals surface area contributed by atoms with E-state index < -0.39 is 11.7 Å². The number of nitrogens with zero attached hydrogens (tertiary/aromatic N) is 1. The van der Waals surface area contributed by atoms with E-state index >= 15 is 0 Å². The number of amides is 1. The highest BCUT2D eigenvalue weighted by molar-refractivity contribution is 5.85. The molecule has 0 bridgehead atoms. The van der Waals surface area contributed by atoms with Crippen molar-refractivity contribution in [3.8, 4) is 0 Å². The van der Waals surface area contributed by atoms with Crippen LogP contribution in [0.5, 0.6) is 0 Å². The Morgan fingerprint density at radius 1 is 1.71 bits per heavy atom. The number of rotatable bonds is 2. The lowest BCUT2D eigenvalue weighted by molar-refractivity contribution is -0.132. The molecular weight excluding hydrogens is 207 g/mol. The van der Waals surface area contributed by atoms with Crippen molar-refractivity contribution < 1.29 is 9.18 Å². The van der Waals surface area contributed by atoms with Crippen LogP contribution in [-0.4, -0.2) is 35.6 Å². The van der Waals surface area contributed by atoms with Crippen LogP contribution < -0.4 is 5.73 Å². The van der Waals surface area contributed by atoms with E-state index in [-0.39, 0.29) is 24.9 Å². The maximum absolute atomic E-state index is 13.4. The molecule has 0 aromatic carbocycles. The van der Waals surface area contributed by atoms with E-state index in [1.165, 1.54) is 11.8 Å². The first-order chi connectivity index (χ1) is 5.96. The van der Waals surface area contributed by atoms with Crippen LogP contribution in [0.1, 0.15) is 26.7 Å². The summed E-state index contributed by atoms with van der Waals surface area (Å²) in [6.45, 7) is 4.07. The molecule has 3 nitrogen and oxygen atoms in total. The Bertz CT molecular complexity index is 211. The van der Waals surface area contributed by atoms with Crippen LogP contribution in [0, 0.1) is 0 Å². The number of hydrogen-bond acceptors (Lipinski definition) is 2. The van der Waals surface area contributed by atoms with Gasteiger partial charge in [0.15, 0.2) is 0 Å². The lowest BCUT2D eigenvalue weighted by Gasteiger charge is -2.20. The minimum Gasteiger partial charge on any atom is -0.338 e. The Morgan fingerprint density at radius 3 is 2.64 bits per heavy atom. The lowest BCUT2D eigenvalue weighted by Crippen LogP contribution is -2.43. The summed E-state index contributed by atoms with van der Waals surface area (Å²) in [6, 6.07) is -0.464. The molecular formula is C9H18ClFN2O. The van der Waals surface area contributed by atoms with Gasteiger partial charge in [-0.05, 0) is 13.3 Å². The minimum absolute atomic E-state index is 0. The number of nitrogens with two attached hydrogens (primary N) is 1. The summed E-state index contributed by atoms with van der Waals surface area (Å²) in [4.78, 5) is 13.0. The maximum Gasteiger partial charge on any atom is 0.239 e. The largest absolute Gasteiger partial charge is 0.338 e. The first kappa shape index (κ1) is 13.7. The highest BCUT2D eigenvalue weighted by Crippen LogP contribution is 2.24. The standard InChI is InChI=1S/C9H17FN2O.ClH/c1-3-7(11)8(13)12-5-4-9(2,10)6-12;/h7H,3-6,11H2,1-2H3;1H/t7-,9?;/m1./s1. The summed E-state index contributed by atoms with van der Waals surface area (Å²) in [7, 11) is 0. The number of likely N-dealkylation sites (tertiary alicyclic amines) is 1. The summed E-state index contributed by atoms with van der Waals surface area (Å²) in [6.07, 6.45) is 1.04. The van der Waals surface area contributed by atoms with Crippen LogP contribution in [0.4, 0.5) is 4.39 Å². The van der Waals surface area contributed by atoms with Gasteiger partial charge in [0.05, 0.1) is 12.6 Å². The molecule has 5 heteroatoms. The van der Waals surface area contributed by atoms with Crippen molar-refractivity contribution in [2.24, 2.45) is 5.73 Å². The molecule has 1 unspecified atom stereocenters. The van der Waals surface area contributed by atoms with Crippen LogP contribution in [0.15, 0.2) is 0 Å². The molecule has 84 valence electrons. The number of carbonyl (C=O) groups excluding carboxylic acids is 1. The van der Waals surface area contributed by atoms with Gasteiger partial charge in [-0.25, -0.2) is 4.39 Å². The average Bonchev–Trinajstić information content (AvgIpc) is 2.43. The van der Waals surface area contributed by atoms with Gasteiger partial charge in [0, 0.05) is 13.0 Å². The predicted octanol–water partition coefficient (Wildman–Crippen LogP) is 1.11. The summed E-state index contributed by atoms with van der Waals surface area (Å²) >= 11 is 0. The third-order valence-corrected chi connectivity index (χ3v) is 2.49. The van der Waals surface area contributed by atoms with Gasteiger partial charge in [-0.1, -0.05) is 6.92 Å². The quantitative estimate of drug-likeness (QED) is 0.764. The molecule has 1 rings (SSSR count). The summed E-state index contributed by atoms with van der Waals surface area (Å²) < 4.78 is 13.4. The zero-order chi connectivity index (χ0) is 10.1. The number of hydrogen-bond donors (Lipinski definition) is 1. The van der Waals surface area contributed by atoms with Gasteiger partial charge in [-0.15, -0.1) is 12.4 Å². The van der Waals surface area contributed by atoms with E-state index in [1.54, 1.807) is 0 Å². The highest BCUT2D eigenvalue weighted by atomic mass is 35.5. The Kier molecular flexibility index (Phi) is 4.81. The predicted molar refractivity (Wildman–Crippen MR) is 56.2 cm³/mol. The van der Waals surface area contributed by atoms with Crippen LogP contribution in [0.25, 0.3) is 0 Å². The van der Waals surface area contributed by atoms with E-state index in [4.69, 9.17) is 5.73 Å². The van der Waals surface area contributed by atoms with Crippen molar-refractivity contribution in [3.05, 3.63) is 0 Å². The molecule has 0 aromatic rings. The zero-order valence-electron chi connectivity index (χ0n) is 8.62. The molecule has 0 aliphatic carbocycles. The SMILES string of the molecule is CC[C@@H](N)C(=O)N1CCC(C)(F)C1.Cl. The fraction of sp³-hybridized carbons (Fsp3) is 0.889. The Hall–Kier alpha value is -0.350. The molecule has 0 saturated carbocycles. The Morgan fingerprint density at radius 2 is 2.29 bits per heavy atom. The number of halogens is 2. The molecule has 2 N–H and O–H groups in total. The first-order valence-corrected chi connectivity index (χ1v) is 4.69. The van der Waals surface area contributed by atoms with Crippen molar-refractivity contribution in [2.45, 2.75) is 38.4 Å². The molecule has 1 aliphatic heterocycles. The van der Waals surface area contributed by atoms with Gasteiger partial charge in [-0.3, -0.25) is 4.79 Å². The molecule has 0 spiro atoms. The minimum atomic E-state index is -1.22. The van der Waals surface area contributed by atoms with Crippen LogP contribution in [0.3, 0.4) is 0 Å². The van der Waals surface area contributed by atoms with E-state index in [0.29, 0.717) is 19.4 Å². The topological polar surface area (TPSA) is 46.3 Å². The fourth-order valence-electron chi connectivity index (χ4n) is 1.52. The van der Waals surface area contributed by atoms with E-state index in [2.05, 4.69) is 0 Å². The fourth-order valence-corrected chi connectivity index (χ4v) is 1.52. The van der Waals surface area contributed by atoms with Crippen molar-refractivity contribution in [1.29, 1.82) is 0 Å². The van der Waals surface area contributed by atoms with Gasteiger partial charge in [0.1, 0.15) is 5.67 Å². The van der Waals surface area contributed by atoms with E-state index in [9.17, 15) is 9.18 Å². The molecule has 1 amide bonds. The van der Waals surface area contributed by atoms with Crippen molar-refractivity contribution in [3.63, 3.8) is 0 Å². The van der Waals surface area contributed by atoms with Crippen molar-refractivity contribution >= 4 is 18.3 Å². The van der Waals surface area contributed by atoms with Crippen LogP contribution >= 0.6 is 12.4 Å². The zero-order valence-corrected chi connectivity index (χ0v) is 9.44. The van der Waals surface area contributed by atoms with Gasteiger partial charge in [0.2, 0.25) is 5.91 Å². The molecule has 14 heavy (non-hydrogen) atoms. The molecule has 1 fully saturated rings. The number of carbonyl (C=O) groups is 1. The Labute approximate surface area is 90.2 Å². The number of alkyl halides is 1. The van der Waals surface area contributed by atoms with Gasteiger partial charge < -0.3 is 10.6 Å². The van der Waals surface area contributed by atoms with Gasteiger partial charge in [-0.2, -0.15) is 0 Å². The summed E-state index contributed by atoms with van der Waals surface area (Å²) in [5, 5.41) is 0. The van der Waals surface area contributed by atoms with Gasteiger partial charge >= 0.3 is 0 Å². The second kappa shape index (κ2) is 4.94. The van der Waals surface area contributed by atoms with E-state index in [0.717, 1.165) is 0 Å². The van der Waals surface area contributed by atoms with Crippen molar-refractivity contribution in [1.82, 2.24) is 4.90 Å². The second-order valence-corrected chi connectivity index (χ2v) is 3.94. The third-order valence-electron chi connectivity index (χ3n) is 2.49. The summed E-state index contributed by atoms with van der Waals surface area (Å²) in [5.41, 5.74) is 4.35. The monoisotopic (exact) mass is 224 g/mol. The average molecular weight is 225 g/mol. The molecule has 0 radical (unpaired) electrons. The van der Waals surface area contributed by atoms with Gasteiger partial charge in [0.25, 0.3) is 0 Å². The molecule has 1 heterocycles. The summed E-state index contributed by atoms with van der Waals surface area (Å²) in [5.74, 6) is -0.121. The van der Waals surface area contributed by atoms with Crippen LogP contribution in [0.2, 0.25) is 0 Å². The third kappa shape index (κ3) is 3.10. The van der Waals surface area contributed by atoms with E-state index in [1.807, 2.05) is 6.92 Å². The highest BCUT2D eigenvalue weighted by Gasteiger charge is 2.36. The smallest absolute Gasteiger partial charge is 0.239 e. The maximum atomic E-state index is 13.4. The van der Waals surface area contributed by atoms with Crippen molar-refractivity contribution in [2.75, 3.05) is 13.1 Å². The normalized spacial score (nSPS) is 28.4. The van der Waals surface area contributed by atoms with Crippen LogP contribution in [-0.2, 0) is 4.79 Å². The molecule has 2 atom stereocenters. The first-order valence-electron chi connectivity index (χ1n) is 4.69. The molecule has 0 aromatic heterocycles. The molecule has 1 saturated heterocycles.